The van der Waals surface area contributed by atoms with Gasteiger partial charge in [-0.05, 0) is 55.3 Å². The molecule has 1 amide bonds. The van der Waals surface area contributed by atoms with E-state index in [9.17, 15) is 4.79 Å². The second kappa shape index (κ2) is 9.14. The number of aromatic nitrogens is 1. The fourth-order valence-corrected chi connectivity index (χ4v) is 4.24. The zero-order valence-electron chi connectivity index (χ0n) is 17.0. The number of amides is 1. The number of methoxy groups -OCH3 is 1. The van der Waals surface area contributed by atoms with E-state index >= 15 is 0 Å². The number of ether oxygens (including phenoxy) is 1. The Labute approximate surface area is 172 Å². The van der Waals surface area contributed by atoms with Crippen molar-refractivity contribution < 1.29 is 9.53 Å². The summed E-state index contributed by atoms with van der Waals surface area (Å²) in [6.07, 6.45) is 6.06. The van der Waals surface area contributed by atoms with Crippen LogP contribution < -0.4 is 10.1 Å². The molecule has 29 heavy (non-hydrogen) atoms. The van der Waals surface area contributed by atoms with Gasteiger partial charge in [-0.25, -0.2) is 0 Å². The van der Waals surface area contributed by atoms with E-state index in [1.807, 2.05) is 36.5 Å². The number of rotatable bonds is 7. The van der Waals surface area contributed by atoms with Crippen molar-refractivity contribution >= 4 is 16.8 Å². The molecule has 0 spiro atoms. The molecule has 5 nitrogen and oxygen atoms in total. The van der Waals surface area contributed by atoms with Crippen molar-refractivity contribution in [1.29, 1.82) is 0 Å². The minimum atomic E-state index is 0.0604. The Balaban J connectivity index is 1.44. The van der Waals surface area contributed by atoms with Crippen molar-refractivity contribution in [2.75, 3.05) is 26.7 Å². The summed E-state index contributed by atoms with van der Waals surface area (Å²) in [4.78, 5) is 18.5. The largest absolute Gasteiger partial charge is 0.497 e. The second-order valence-corrected chi connectivity index (χ2v) is 7.73. The van der Waals surface area contributed by atoms with Crippen LogP contribution in [0.4, 0.5) is 0 Å². The Bertz CT molecular complexity index is 942. The highest BCUT2D eigenvalue weighted by Gasteiger charge is 2.23. The molecule has 2 aromatic carbocycles. The summed E-state index contributed by atoms with van der Waals surface area (Å²) in [6, 6.07) is 16.5. The Morgan fingerprint density at radius 3 is 2.62 bits per heavy atom. The molecule has 1 saturated heterocycles. The number of fused-ring (bicyclic) bond motifs is 1. The molecule has 2 N–H and O–H groups in total. The topological polar surface area (TPSA) is 57.4 Å². The van der Waals surface area contributed by atoms with Crippen LogP contribution >= 0.6 is 0 Å². The number of carbonyl (C=O) groups excluding carboxylic acids is 1. The van der Waals surface area contributed by atoms with Crippen LogP contribution in [0.5, 0.6) is 5.75 Å². The van der Waals surface area contributed by atoms with Gasteiger partial charge in [0.1, 0.15) is 5.75 Å². The highest BCUT2D eigenvalue weighted by molar-refractivity contribution is 5.88. The first-order chi connectivity index (χ1) is 14.2. The molecule has 1 aromatic heterocycles. The molecule has 5 heteroatoms. The summed E-state index contributed by atoms with van der Waals surface area (Å²) in [6.45, 7) is 2.78. The van der Waals surface area contributed by atoms with Gasteiger partial charge >= 0.3 is 0 Å². The summed E-state index contributed by atoms with van der Waals surface area (Å²) in [5.41, 5.74) is 3.33. The second-order valence-electron chi connectivity index (χ2n) is 7.73. The molecule has 1 atom stereocenters. The first kappa shape index (κ1) is 19.5. The van der Waals surface area contributed by atoms with Crippen molar-refractivity contribution in [1.82, 2.24) is 15.2 Å². The first-order valence-electron chi connectivity index (χ1n) is 10.4. The van der Waals surface area contributed by atoms with Crippen LogP contribution in [0.1, 0.15) is 36.4 Å². The summed E-state index contributed by atoms with van der Waals surface area (Å²) < 4.78 is 5.30. The van der Waals surface area contributed by atoms with E-state index in [-0.39, 0.29) is 11.9 Å². The molecule has 2 heterocycles. The van der Waals surface area contributed by atoms with E-state index in [4.69, 9.17) is 4.74 Å². The van der Waals surface area contributed by atoms with Gasteiger partial charge in [-0.2, -0.15) is 0 Å². The maximum atomic E-state index is 12.7. The van der Waals surface area contributed by atoms with Crippen molar-refractivity contribution in [2.45, 2.75) is 31.7 Å². The molecule has 1 unspecified atom stereocenters. The molecular weight excluding hydrogens is 362 g/mol. The molecular formula is C24H29N3O2. The van der Waals surface area contributed by atoms with E-state index in [1.165, 1.54) is 24.8 Å². The maximum absolute atomic E-state index is 12.7. The molecule has 0 saturated carbocycles. The zero-order valence-corrected chi connectivity index (χ0v) is 17.0. The third-order valence-electron chi connectivity index (χ3n) is 5.85. The number of para-hydroxylation sites is 1. The summed E-state index contributed by atoms with van der Waals surface area (Å²) in [5, 5.41) is 4.30. The number of benzene rings is 2. The van der Waals surface area contributed by atoms with E-state index in [1.54, 1.807) is 7.11 Å². The quantitative estimate of drug-likeness (QED) is 0.639. The van der Waals surface area contributed by atoms with E-state index < -0.39 is 0 Å². The number of nitrogens with zero attached hydrogens (tertiary/aromatic N) is 1. The molecule has 0 bridgehead atoms. The number of piperidine rings is 1. The Kier molecular flexibility index (Phi) is 6.15. The lowest BCUT2D eigenvalue weighted by Crippen LogP contribution is -2.41. The highest BCUT2D eigenvalue weighted by atomic mass is 16.5. The standard InChI is InChI=1S/C24H29N3O2/c1-29-20-11-9-18(10-12-20)23(27-13-5-2-6-14-27)17-26-24(28)15-19-16-25-22-8-4-3-7-21(19)22/h3-4,7-12,16,23,25H,2,5-6,13-15,17H2,1H3,(H,26,28). The number of aromatic amines is 1. The van der Waals surface area contributed by atoms with Crippen LogP contribution in [0.3, 0.4) is 0 Å². The molecule has 0 aliphatic carbocycles. The smallest absolute Gasteiger partial charge is 0.224 e. The zero-order chi connectivity index (χ0) is 20.1. The van der Waals surface area contributed by atoms with Gasteiger partial charge in [-0.1, -0.05) is 36.8 Å². The average molecular weight is 392 g/mol. The Morgan fingerprint density at radius 2 is 1.86 bits per heavy atom. The predicted octanol–water partition coefficient (Wildman–Crippen LogP) is 4.06. The molecule has 1 aliphatic heterocycles. The predicted molar refractivity (Wildman–Crippen MR) is 116 cm³/mol. The van der Waals surface area contributed by atoms with Gasteiger partial charge in [0.2, 0.25) is 5.91 Å². The molecule has 1 fully saturated rings. The van der Waals surface area contributed by atoms with Crippen LogP contribution in [-0.2, 0) is 11.2 Å². The number of nitrogens with one attached hydrogen (secondary N) is 2. The van der Waals surface area contributed by atoms with E-state index in [0.717, 1.165) is 35.3 Å². The van der Waals surface area contributed by atoms with Crippen LogP contribution in [0, 0.1) is 0 Å². The molecule has 4 rings (SSSR count). The van der Waals surface area contributed by atoms with Crippen LogP contribution in [0.25, 0.3) is 10.9 Å². The van der Waals surface area contributed by atoms with Gasteiger partial charge in [0.05, 0.1) is 19.6 Å². The lowest BCUT2D eigenvalue weighted by atomic mass is 10.0. The first-order valence-corrected chi connectivity index (χ1v) is 10.4. The van der Waals surface area contributed by atoms with Gasteiger partial charge in [0.25, 0.3) is 0 Å². The van der Waals surface area contributed by atoms with Gasteiger partial charge in [-0.15, -0.1) is 0 Å². The Hall–Kier alpha value is -2.79. The number of hydrogen-bond acceptors (Lipinski definition) is 3. The van der Waals surface area contributed by atoms with Crippen molar-refractivity contribution in [3.05, 3.63) is 65.9 Å². The average Bonchev–Trinajstić information content (AvgIpc) is 3.18. The van der Waals surface area contributed by atoms with Crippen molar-refractivity contribution in [2.24, 2.45) is 0 Å². The van der Waals surface area contributed by atoms with Gasteiger partial charge in [0.15, 0.2) is 0 Å². The van der Waals surface area contributed by atoms with Crippen LogP contribution in [0.2, 0.25) is 0 Å². The SMILES string of the molecule is COc1ccc(C(CNC(=O)Cc2c[nH]c3ccccc23)N2CCCCC2)cc1. The van der Waals surface area contributed by atoms with Crippen molar-refractivity contribution in [3.8, 4) is 5.75 Å². The number of hydrogen-bond donors (Lipinski definition) is 2. The summed E-state index contributed by atoms with van der Waals surface area (Å²) in [7, 11) is 1.68. The van der Waals surface area contributed by atoms with Crippen LogP contribution in [0.15, 0.2) is 54.7 Å². The summed E-state index contributed by atoms with van der Waals surface area (Å²) >= 11 is 0. The minimum absolute atomic E-state index is 0.0604. The molecule has 0 radical (unpaired) electrons. The number of likely N-dealkylation sites (tertiary alicyclic amines) is 1. The molecule has 1 aliphatic rings. The maximum Gasteiger partial charge on any atom is 0.224 e. The van der Waals surface area contributed by atoms with Gasteiger partial charge in [0, 0.05) is 23.6 Å². The normalized spacial score (nSPS) is 15.9. The monoisotopic (exact) mass is 391 g/mol. The van der Waals surface area contributed by atoms with Crippen LogP contribution in [-0.4, -0.2) is 42.5 Å². The lowest BCUT2D eigenvalue weighted by molar-refractivity contribution is -0.120. The highest BCUT2D eigenvalue weighted by Crippen LogP contribution is 2.26. The lowest BCUT2D eigenvalue weighted by Gasteiger charge is -2.35. The molecule has 3 aromatic rings. The molecule has 152 valence electrons. The summed E-state index contributed by atoms with van der Waals surface area (Å²) in [5.74, 6) is 0.916. The van der Waals surface area contributed by atoms with Gasteiger partial charge < -0.3 is 15.0 Å². The third kappa shape index (κ3) is 4.62. The van der Waals surface area contributed by atoms with Gasteiger partial charge in [-0.3, -0.25) is 9.69 Å². The van der Waals surface area contributed by atoms with E-state index in [0.29, 0.717) is 13.0 Å². The minimum Gasteiger partial charge on any atom is -0.497 e. The number of H-pyrrole nitrogens is 1. The van der Waals surface area contributed by atoms with Crippen molar-refractivity contribution in [3.63, 3.8) is 0 Å². The third-order valence-corrected chi connectivity index (χ3v) is 5.85. The Morgan fingerprint density at radius 1 is 1.10 bits per heavy atom. The van der Waals surface area contributed by atoms with E-state index in [2.05, 4.69) is 33.4 Å². The fourth-order valence-electron chi connectivity index (χ4n) is 4.24. The fraction of sp³-hybridized carbons (Fsp3) is 0.375. The number of carbonyl (C=O) groups is 1.